The monoisotopic (exact) mass is 668 g/mol. The molecule has 0 saturated carbocycles. The van der Waals surface area contributed by atoms with E-state index in [-0.39, 0.29) is 50.1 Å². The smallest absolute Gasteiger partial charge is 0.415 e. The fraction of sp³-hybridized carbons (Fsp3) is 0.306. The number of anilines is 1. The number of rotatable bonds is 12. The van der Waals surface area contributed by atoms with Crippen LogP contribution in [0.2, 0.25) is 0 Å². The van der Waals surface area contributed by atoms with Gasteiger partial charge in [-0.1, -0.05) is 18.2 Å². The Morgan fingerprint density at radius 3 is 2.67 bits per heavy atom. The van der Waals surface area contributed by atoms with Crippen LogP contribution in [-0.2, 0) is 16.0 Å². The highest BCUT2D eigenvalue weighted by Crippen LogP contribution is 2.42. The molecule has 0 aromatic heterocycles. The minimum atomic E-state index is -0.537. The standard InChI is InChI=1S/C36H40N6O7/c1-23-4-3-5-28-31(49-36(47)40(15-13-37-2)16-18-48-19-17-43)20-30-27(33(23)28)12-14-42(30)35(46)29-22-41-21-25(8-11-32(41)39-29)38-34(45)24-6-9-26(44)10-7-24/h3-11,20-22,32,37,39,43-44H,12-19H2,1-2H3,(H,38,45). The molecule has 3 aromatic carbocycles. The number of amides is 3. The van der Waals surface area contributed by atoms with E-state index in [1.807, 2.05) is 36.1 Å². The molecule has 3 amide bonds. The molecule has 13 heteroatoms. The number of aromatic hydroxyl groups is 1. The van der Waals surface area contributed by atoms with E-state index < -0.39 is 6.09 Å². The summed E-state index contributed by atoms with van der Waals surface area (Å²) < 4.78 is 11.4. The summed E-state index contributed by atoms with van der Waals surface area (Å²) in [6.45, 7) is 4.03. The van der Waals surface area contributed by atoms with Crippen LogP contribution in [0.1, 0.15) is 21.5 Å². The Labute approximate surface area is 284 Å². The molecule has 1 unspecified atom stereocenters. The van der Waals surface area contributed by atoms with E-state index in [0.29, 0.717) is 54.4 Å². The van der Waals surface area contributed by atoms with Crippen molar-refractivity contribution in [2.75, 3.05) is 57.9 Å². The van der Waals surface area contributed by atoms with E-state index in [1.165, 1.54) is 24.3 Å². The highest BCUT2D eigenvalue weighted by atomic mass is 16.6. The van der Waals surface area contributed by atoms with Gasteiger partial charge in [-0.2, -0.15) is 0 Å². The number of aliphatic hydroxyl groups excluding tert-OH is 1. The molecule has 6 rings (SSSR count). The van der Waals surface area contributed by atoms with Gasteiger partial charge in [0.15, 0.2) is 0 Å². The minimum Gasteiger partial charge on any atom is -0.508 e. The van der Waals surface area contributed by atoms with Crippen LogP contribution in [0.25, 0.3) is 10.8 Å². The van der Waals surface area contributed by atoms with Crippen molar-refractivity contribution in [3.8, 4) is 11.5 Å². The molecule has 0 aliphatic carbocycles. The first-order valence-electron chi connectivity index (χ1n) is 16.2. The van der Waals surface area contributed by atoms with E-state index in [1.54, 1.807) is 41.4 Å². The Balaban J connectivity index is 1.23. The molecule has 5 N–H and O–H groups in total. The number of carbonyl (C=O) groups excluding carboxylic acids is 3. The quantitative estimate of drug-likeness (QED) is 0.182. The van der Waals surface area contributed by atoms with Crippen molar-refractivity contribution >= 4 is 34.4 Å². The molecule has 49 heavy (non-hydrogen) atoms. The normalized spacial score (nSPS) is 16.1. The van der Waals surface area contributed by atoms with Gasteiger partial charge < -0.3 is 50.3 Å². The summed E-state index contributed by atoms with van der Waals surface area (Å²) in [7, 11) is 1.80. The Morgan fingerprint density at radius 1 is 1.08 bits per heavy atom. The summed E-state index contributed by atoms with van der Waals surface area (Å²) in [5.74, 6) is -0.119. The summed E-state index contributed by atoms with van der Waals surface area (Å²) >= 11 is 0. The van der Waals surface area contributed by atoms with E-state index >= 15 is 0 Å². The maximum atomic E-state index is 14.1. The van der Waals surface area contributed by atoms with Crippen molar-refractivity contribution < 1.29 is 34.1 Å². The lowest BCUT2D eigenvalue weighted by molar-refractivity contribution is -0.115. The Hall–Kier alpha value is -5.37. The lowest BCUT2D eigenvalue weighted by Crippen LogP contribution is -2.40. The maximum Gasteiger partial charge on any atom is 0.415 e. The summed E-state index contributed by atoms with van der Waals surface area (Å²) in [5, 5.41) is 29.5. The van der Waals surface area contributed by atoms with Crippen molar-refractivity contribution in [2.45, 2.75) is 19.5 Å². The van der Waals surface area contributed by atoms with Crippen LogP contribution < -0.4 is 25.6 Å². The first kappa shape index (κ1) is 33.5. The number of benzene rings is 3. The number of aryl methyl sites for hydroxylation is 1. The highest BCUT2D eigenvalue weighted by Gasteiger charge is 2.34. The molecule has 3 heterocycles. The van der Waals surface area contributed by atoms with Gasteiger partial charge in [-0.05, 0) is 73.3 Å². The number of carbonyl (C=O) groups is 3. The topological polar surface area (TPSA) is 156 Å². The molecule has 0 fully saturated rings. The van der Waals surface area contributed by atoms with Gasteiger partial charge in [0, 0.05) is 55.6 Å². The number of hydrogen-bond donors (Lipinski definition) is 5. The number of phenolic OH excluding ortho intramolecular Hbond substituents is 1. The van der Waals surface area contributed by atoms with Crippen molar-refractivity contribution in [1.29, 1.82) is 0 Å². The maximum absolute atomic E-state index is 14.1. The van der Waals surface area contributed by atoms with Gasteiger partial charge in [0.25, 0.3) is 11.8 Å². The van der Waals surface area contributed by atoms with Crippen LogP contribution in [0.4, 0.5) is 10.5 Å². The predicted octanol–water partition coefficient (Wildman–Crippen LogP) is 2.69. The zero-order chi connectivity index (χ0) is 34.5. The number of aliphatic hydroxyl groups is 1. The van der Waals surface area contributed by atoms with Crippen LogP contribution in [0.15, 0.2) is 84.5 Å². The highest BCUT2D eigenvalue weighted by molar-refractivity contribution is 6.10. The SMILES string of the molecule is CNCCN(CCOCCO)C(=O)Oc1cc2c(c3c(C)cccc13)CCN2C(=O)C1=CN2C=C(NC(=O)c3ccc(O)cc3)C=CC2N1. The van der Waals surface area contributed by atoms with Crippen LogP contribution in [0.3, 0.4) is 0 Å². The molecule has 3 aliphatic heterocycles. The van der Waals surface area contributed by atoms with Crippen molar-refractivity contribution in [2.24, 2.45) is 0 Å². The van der Waals surface area contributed by atoms with Gasteiger partial charge in [0.2, 0.25) is 0 Å². The first-order valence-corrected chi connectivity index (χ1v) is 16.2. The molecule has 0 bridgehead atoms. The van der Waals surface area contributed by atoms with Crippen molar-refractivity contribution in [3.05, 3.63) is 101 Å². The molecular formula is C36H40N6O7. The lowest BCUT2D eigenvalue weighted by Gasteiger charge is -2.24. The van der Waals surface area contributed by atoms with Gasteiger partial charge in [0.05, 0.1) is 31.2 Å². The van der Waals surface area contributed by atoms with Crippen LogP contribution in [0.5, 0.6) is 11.5 Å². The van der Waals surface area contributed by atoms with Crippen molar-refractivity contribution in [3.63, 3.8) is 0 Å². The molecule has 0 saturated heterocycles. The predicted molar refractivity (Wildman–Crippen MR) is 184 cm³/mol. The van der Waals surface area contributed by atoms with Crippen LogP contribution >= 0.6 is 0 Å². The van der Waals surface area contributed by atoms with E-state index in [2.05, 4.69) is 16.0 Å². The molecule has 3 aliphatic rings. The molecule has 3 aromatic rings. The number of hydrogen-bond acceptors (Lipinski definition) is 10. The number of fused-ring (bicyclic) bond motifs is 4. The number of phenols is 1. The molecule has 0 spiro atoms. The van der Waals surface area contributed by atoms with E-state index in [0.717, 1.165) is 21.9 Å². The summed E-state index contributed by atoms with van der Waals surface area (Å²) in [4.78, 5) is 45.3. The average molecular weight is 669 g/mol. The Kier molecular flexibility index (Phi) is 10.1. The van der Waals surface area contributed by atoms with Gasteiger partial charge in [0.1, 0.15) is 23.4 Å². The molecular weight excluding hydrogens is 628 g/mol. The first-order chi connectivity index (χ1) is 23.8. The molecule has 13 nitrogen and oxygen atoms in total. The van der Waals surface area contributed by atoms with E-state index in [9.17, 15) is 19.5 Å². The zero-order valence-corrected chi connectivity index (χ0v) is 27.4. The number of allylic oxidation sites excluding steroid dienone is 1. The Morgan fingerprint density at radius 2 is 1.90 bits per heavy atom. The number of nitrogens with one attached hydrogen (secondary N) is 3. The van der Waals surface area contributed by atoms with Crippen LogP contribution in [0, 0.1) is 6.92 Å². The summed E-state index contributed by atoms with van der Waals surface area (Å²) in [6, 6.07) is 13.6. The summed E-state index contributed by atoms with van der Waals surface area (Å²) in [5.41, 5.74) is 4.04. The fourth-order valence-electron chi connectivity index (χ4n) is 6.18. The second-order valence-electron chi connectivity index (χ2n) is 11.9. The number of likely N-dealkylation sites (N-methyl/N-ethyl adjacent to an activating group) is 1. The zero-order valence-electron chi connectivity index (χ0n) is 27.4. The second kappa shape index (κ2) is 14.8. The van der Waals surface area contributed by atoms with Gasteiger partial charge in [-0.3, -0.25) is 9.59 Å². The fourth-order valence-corrected chi connectivity index (χ4v) is 6.18. The number of ether oxygens (including phenoxy) is 2. The largest absolute Gasteiger partial charge is 0.508 e. The van der Waals surface area contributed by atoms with Crippen molar-refractivity contribution in [1.82, 2.24) is 25.8 Å². The molecule has 256 valence electrons. The van der Waals surface area contributed by atoms with Gasteiger partial charge in [-0.15, -0.1) is 0 Å². The summed E-state index contributed by atoms with van der Waals surface area (Å²) in [6.07, 6.45) is 6.88. The van der Waals surface area contributed by atoms with Gasteiger partial charge in [-0.25, -0.2) is 4.79 Å². The second-order valence-corrected chi connectivity index (χ2v) is 11.9. The van der Waals surface area contributed by atoms with E-state index in [4.69, 9.17) is 14.6 Å². The van der Waals surface area contributed by atoms with Gasteiger partial charge >= 0.3 is 6.09 Å². The third-order valence-corrected chi connectivity index (χ3v) is 8.63. The third-order valence-electron chi connectivity index (χ3n) is 8.63. The third kappa shape index (κ3) is 7.23. The molecule has 0 radical (unpaired) electrons. The van der Waals surface area contributed by atoms with Crippen LogP contribution in [-0.4, -0.2) is 97.1 Å². The molecule has 1 atom stereocenters. The lowest BCUT2D eigenvalue weighted by atomic mass is 9.97. The average Bonchev–Trinajstić information content (AvgIpc) is 3.72. The Bertz CT molecular complexity index is 1840. The number of nitrogens with zero attached hydrogens (tertiary/aromatic N) is 3. The minimum absolute atomic E-state index is 0.0754.